The summed E-state index contributed by atoms with van der Waals surface area (Å²) in [7, 11) is 0. The summed E-state index contributed by atoms with van der Waals surface area (Å²) >= 11 is 18.3. The first-order valence-electron chi connectivity index (χ1n) is 11.3. The van der Waals surface area contributed by atoms with Crippen LogP contribution in [0.1, 0.15) is 21.6 Å². The topological polar surface area (TPSA) is 28.5 Å². The van der Waals surface area contributed by atoms with Crippen molar-refractivity contribution >= 4 is 51.6 Å². The molecule has 4 aromatic rings. The number of hydrogen-bond donors (Lipinski definition) is 0. The van der Waals surface area contributed by atoms with E-state index in [1.54, 1.807) is 0 Å². The monoisotopic (exact) mass is 511 g/mol. The third-order valence-electron chi connectivity index (χ3n) is 6.32. The average Bonchev–Trinajstić information content (AvgIpc) is 3.19. The molecule has 0 atom stereocenters. The maximum absolute atomic E-state index is 13.6. The first-order valence-corrected chi connectivity index (χ1v) is 12.4. The highest BCUT2D eigenvalue weighted by Crippen LogP contribution is 2.26. The van der Waals surface area contributed by atoms with Crippen molar-refractivity contribution < 1.29 is 4.79 Å². The first kappa shape index (κ1) is 23.3. The molecular formula is C27H24Cl3N3O. The summed E-state index contributed by atoms with van der Waals surface area (Å²) < 4.78 is 2.08. The summed E-state index contributed by atoms with van der Waals surface area (Å²) in [4.78, 5) is 18.0. The third kappa shape index (κ3) is 5.11. The molecule has 0 N–H and O–H groups in total. The first-order chi connectivity index (χ1) is 16.5. The van der Waals surface area contributed by atoms with Gasteiger partial charge < -0.3 is 9.47 Å². The van der Waals surface area contributed by atoms with E-state index in [1.807, 2.05) is 65.6 Å². The van der Waals surface area contributed by atoms with E-state index in [0.29, 0.717) is 35.4 Å². The quantitative estimate of drug-likeness (QED) is 0.301. The Kier molecular flexibility index (Phi) is 6.84. The van der Waals surface area contributed by atoms with Crippen LogP contribution in [0.15, 0.2) is 72.8 Å². The number of carbonyl (C=O) groups is 1. The lowest BCUT2D eigenvalue weighted by Gasteiger charge is -2.35. The van der Waals surface area contributed by atoms with Gasteiger partial charge in [0, 0.05) is 65.2 Å². The predicted octanol–water partition coefficient (Wildman–Crippen LogP) is 6.61. The van der Waals surface area contributed by atoms with Gasteiger partial charge in [0.1, 0.15) is 5.69 Å². The van der Waals surface area contributed by atoms with E-state index in [4.69, 9.17) is 34.8 Å². The van der Waals surface area contributed by atoms with Gasteiger partial charge in [-0.05, 0) is 59.7 Å². The van der Waals surface area contributed by atoms with Crippen molar-refractivity contribution in [2.45, 2.75) is 13.1 Å². The van der Waals surface area contributed by atoms with Gasteiger partial charge in [-0.25, -0.2) is 0 Å². The Morgan fingerprint density at radius 3 is 1.85 bits per heavy atom. The summed E-state index contributed by atoms with van der Waals surface area (Å²) in [6.07, 6.45) is 0. The second kappa shape index (κ2) is 10.0. The molecule has 0 unspecified atom stereocenters. The number of carbonyl (C=O) groups excluding carboxylic acids is 1. The molecule has 1 aromatic heterocycles. The molecule has 3 aromatic carbocycles. The number of amides is 1. The fourth-order valence-corrected chi connectivity index (χ4v) is 4.91. The minimum absolute atomic E-state index is 0.0485. The molecule has 2 heterocycles. The second-order valence-corrected chi connectivity index (χ2v) is 9.95. The van der Waals surface area contributed by atoms with Crippen molar-refractivity contribution in [1.29, 1.82) is 0 Å². The van der Waals surface area contributed by atoms with Gasteiger partial charge in [-0.2, -0.15) is 0 Å². The average molecular weight is 513 g/mol. The zero-order valence-corrected chi connectivity index (χ0v) is 20.8. The van der Waals surface area contributed by atoms with Gasteiger partial charge in [-0.15, -0.1) is 0 Å². The Balaban J connectivity index is 1.35. The fraction of sp³-hybridized carbons (Fsp3) is 0.222. The minimum atomic E-state index is 0.0485. The van der Waals surface area contributed by atoms with Crippen LogP contribution in [0.5, 0.6) is 0 Å². The minimum Gasteiger partial charge on any atom is -0.335 e. The number of aromatic nitrogens is 1. The second-order valence-electron chi connectivity index (χ2n) is 8.64. The largest absolute Gasteiger partial charge is 0.335 e. The van der Waals surface area contributed by atoms with Crippen molar-refractivity contribution in [3.05, 3.63) is 105 Å². The summed E-state index contributed by atoms with van der Waals surface area (Å²) in [6.45, 7) is 4.48. The molecule has 34 heavy (non-hydrogen) atoms. The maximum Gasteiger partial charge on any atom is 0.270 e. The van der Waals surface area contributed by atoms with E-state index in [2.05, 4.69) is 21.6 Å². The molecule has 1 aliphatic heterocycles. The Morgan fingerprint density at radius 2 is 1.24 bits per heavy atom. The van der Waals surface area contributed by atoms with E-state index < -0.39 is 0 Å². The number of halogens is 3. The number of fused-ring (bicyclic) bond motifs is 1. The lowest BCUT2D eigenvalue weighted by molar-refractivity contribution is 0.0619. The highest BCUT2D eigenvalue weighted by Gasteiger charge is 2.25. The smallest absolute Gasteiger partial charge is 0.270 e. The summed E-state index contributed by atoms with van der Waals surface area (Å²) in [5.41, 5.74) is 3.98. The van der Waals surface area contributed by atoms with Gasteiger partial charge in [-0.3, -0.25) is 9.69 Å². The third-order valence-corrected chi connectivity index (χ3v) is 7.05. The molecule has 0 saturated carbocycles. The van der Waals surface area contributed by atoms with Crippen LogP contribution in [0.3, 0.4) is 0 Å². The number of rotatable bonds is 5. The van der Waals surface area contributed by atoms with E-state index in [9.17, 15) is 4.79 Å². The maximum atomic E-state index is 13.6. The summed E-state index contributed by atoms with van der Waals surface area (Å²) in [5, 5.41) is 3.06. The van der Waals surface area contributed by atoms with Crippen molar-refractivity contribution in [1.82, 2.24) is 14.4 Å². The molecule has 0 radical (unpaired) electrons. The molecule has 5 rings (SSSR count). The highest BCUT2D eigenvalue weighted by molar-refractivity contribution is 6.31. The van der Waals surface area contributed by atoms with Crippen LogP contribution >= 0.6 is 34.8 Å². The fourth-order valence-electron chi connectivity index (χ4n) is 4.48. The molecule has 1 aliphatic rings. The molecular weight excluding hydrogens is 489 g/mol. The molecule has 7 heteroatoms. The molecule has 0 spiro atoms. The Bertz CT molecular complexity index is 1310. The van der Waals surface area contributed by atoms with Gasteiger partial charge >= 0.3 is 0 Å². The van der Waals surface area contributed by atoms with E-state index >= 15 is 0 Å². The van der Waals surface area contributed by atoms with Gasteiger partial charge in [0.25, 0.3) is 5.91 Å². The van der Waals surface area contributed by atoms with Crippen molar-refractivity contribution in [3.63, 3.8) is 0 Å². The number of piperazine rings is 1. The molecule has 0 bridgehead atoms. The van der Waals surface area contributed by atoms with Crippen LogP contribution in [0, 0.1) is 0 Å². The highest BCUT2D eigenvalue weighted by atomic mass is 35.5. The van der Waals surface area contributed by atoms with Crippen LogP contribution < -0.4 is 0 Å². The lowest BCUT2D eigenvalue weighted by Crippen LogP contribution is -2.48. The van der Waals surface area contributed by atoms with Crippen molar-refractivity contribution in [2.75, 3.05) is 26.2 Å². The Labute approximate surface area is 214 Å². The molecule has 1 saturated heterocycles. The number of hydrogen-bond acceptors (Lipinski definition) is 2. The molecule has 1 amide bonds. The number of nitrogens with zero attached hydrogens (tertiary/aromatic N) is 3. The van der Waals surface area contributed by atoms with Crippen molar-refractivity contribution in [3.8, 4) is 0 Å². The molecule has 4 nitrogen and oxygen atoms in total. The van der Waals surface area contributed by atoms with Gasteiger partial charge in [0.15, 0.2) is 0 Å². The van der Waals surface area contributed by atoms with Gasteiger partial charge in [-0.1, -0.05) is 59.1 Å². The molecule has 0 aliphatic carbocycles. The molecule has 174 valence electrons. The SMILES string of the molecule is O=C(c1cc2cc(Cl)ccc2n1Cc1ccc(Cl)cc1)N1CCN(Cc2ccc(Cl)cc2)CC1. The van der Waals surface area contributed by atoms with Crippen LogP contribution in [0.4, 0.5) is 0 Å². The summed E-state index contributed by atoms with van der Waals surface area (Å²) in [5.74, 6) is 0.0485. The lowest BCUT2D eigenvalue weighted by atomic mass is 10.2. The van der Waals surface area contributed by atoms with E-state index in [0.717, 1.165) is 41.1 Å². The summed E-state index contributed by atoms with van der Waals surface area (Å²) in [6, 6.07) is 23.4. The van der Waals surface area contributed by atoms with Gasteiger partial charge in [0.2, 0.25) is 0 Å². The zero-order valence-electron chi connectivity index (χ0n) is 18.6. The Morgan fingerprint density at radius 1 is 0.676 bits per heavy atom. The Hall–Kier alpha value is -2.50. The van der Waals surface area contributed by atoms with Crippen LogP contribution in [0.25, 0.3) is 10.9 Å². The van der Waals surface area contributed by atoms with Crippen LogP contribution in [-0.4, -0.2) is 46.5 Å². The van der Waals surface area contributed by atoms with Crippen LogP contribution in [-0.2, 0) is 13.1 Å². The van der Waals surface area contributed by atoms with Gasteiger partial charge in [0.05, 0.1) is 0 Å². The normalized spacial score (nSPS) is 14.6. The van der Waals surface area contributed by atoms with E-state index in [-0.39, 0.29) is 5.91 Å². The predicted molar refractivity (Wildman–Crippen MR) is 140 cm³/mol. The van der Waals surface area contributed by atoms with E-state index in [1.165, 1.54) is 5.56 Å². The van der Waals surface area contributed by atoms with Crippen molar-refractivity contribution in [2.24, 2.45) is 0 Å². The van der Waals surface area contributed by atoms with Crippen LogP contribution in [0.2, 0.25) is 15.1 Å². The standard InChI is InChI=1S/C27H24Cl3N3O/c28-22-5-1-19(2-6-22)17-31-11-13-32(14-12-31)27(34)26-16-21-15-24(30)9-10-25(21)33(26)18-20-3-7-23(29)8-4-20/h1-10,15-16H,11-14,17-18H2. The molecule has 1 fully saturated rings. The number of benzene rings is 3. The zero-order chi connectivity index (χ0) is 23.7.